The van der Waals surface area contributed by atoms with Crippen LogP contribution >= 0.6 is 22.9 Å². The maximum absolute atomic E-state index is 5.88. The molecule has 1 aromatic heterocycles. The molecular formula is C13H14ClNOS. The zero-order chi connectivity index (χ0) is 12.1. The van der Waals surface area contributed by atoms with Gasteiger partial charge in [-0.25, -0.2) is 0 Å². The van der Waals surface area contributed by atoms with Crippen LogP contribution in [0, 0.1) is 0 Å². The van der Waals surface area contributed by atoms with Crippen molar-refractivity contribution in [3.8, 4) is 0 Å². The zero-order valence-corrected chi connectivity index (χ0v) is 11.1. The van der Waals surface area contributed by atoms with Gasteiger partial charge in [-0.3, -0.25) is 4.84 Å². The van der Waals surface area contributed by atoms with Crippen LogP contribution in [0.15, 0.2) is 41.8 Å². The van der Waals surface area contributed by atoms with Gasteiger partial charge in [0.05, 0.1) is 17.0 Å². The highest BCUT2D eigenvalue weighted by atomic mass is 35.5. The lowest BCUT2D eigenvalue weighted by Crippen LogP contribution is -2.18. The van der Waals surface area contributed by atoms with Gasteiger partial charge >= 0.3 is 0 Å². The fourth-order valence-electron chi connectivity index (χ4n) is 1.44. The van der Waals surface area contributed by atoms with Gasteiger partial charge in [-0.15, -0.1) is 11.3 Å². The molecular weight excluding hydrogens is 254 g/mol. The van der Waals surface area contributed by atoms with Gasteiger partial charge < -0.3 is 0 Å². The smallest absolute Gasteiger partial charge is 0.0933 e. The van der Waals surface area contributed by atoms with E-state index in [2.05, 4.69) is 5.48 Å². The van der Waals surface area contributed by atoms with Crippen molar-refractivity contribution in [3.63, 3.8) is 0 Å². The predicted octanol–water partition coefficient (Wildman–Crippen LogP) is 4.18. The Hall–Kier alpha value is -0.870. The molecule has 0 saturated heterocycles. The third-order valence-corrected chi connectivity index (χ3v) is 3.54. The summed E-state index contributed by atoms with van der Waals surface area (Å²) in [7, 11) is 0. The molecule has 2 rings (SSSR count). The van der Waals surface area contributed by atoms with Crippen molar-refractivity contribution in [2.75, 3.05) is 0 Å². The quantitative estimate of drug-likeness (QED) is 0.821. The molecule has 4 heteroatoms. The van der Waals surface area contributed by atoms with E-state index < -0.39 is 0 Å². The van der Waals surface area contributed by atoms with Crippen LogP contribution < -0.4 is 5.48 Å². The fourth-order valence-corrected chi connectivity index (χ4v) is 2.43. The maximum Gasteiger partial charge on any atom is 0.0933 e. The summed E-state index contributed by atoms with van der Waals surface area (Å²) in [5.74, 6) is 0. The zero-order valence-electron chi connectivity index (χ0n) is 9.52. The third kappa shape index (κ3) is 3.82. The van der Waals surface area contributed by atoms with E-state index in [1.54, 1.807) is 0 Å². The van der Waals surface area contributed by atoms with E-state index in [4.69, 9.17) is 16.4 Å². The molecule has 2 aromatic rings. The van der Waals surface area contributed by atoms with Gasteiger partial charge in [-0.1, -0.05) is 41.9 Å². The normalized spacial score (nSPS) is 12.6. The molecule has 17 heavy (non-hydrogen) atoms. The first-order valence-electron chi connectivity index (χ1n) is 5.41. The van der Waals surface area contributed by atoms with Gasteiger partial charge in [0, 0.05) is 0 Å². The molecule has 0 saturated carbocycles. The molecule has 1 aromatic carbocycles. The number of halogens is 1. The summed E-state index contributed by atoms with van der Waals surface area (Å²) in [4.78, 5) is 5.46. The Labute approximate surface area is 110 Å². The maximum atomic E-state index is 5.88. The average Bonchev–Trinajstić information content (AvgIpc) is 2.77. The minimum absolute atomic E-state index is 0.141. The van der Waals surface area contributed by atoms with Crippen LogP contribution in [0.4, 0.5) is 0 Å². The van der Waals surface area contributed by atoms with Crippen LogP contribution in [0.5, 0.6) is 0 Å². The van der Waals surface area contributed by atoms with Gasteiger partial charge in [-0.2, -0.15) is 5.48 Å². The second kappa shape index (κ2) is 6.17. The molecule has 0 amide bonds. The predicted molar refractivity (Wildman–Crippen MR) is 72.1 cm³/mol. The summed E-state index contributed by atoms with van der Waals surface area (Å²) >= 11 is 7.42. The van der Waals surface area contributed by atoms with E-state index >= 15 is 0 Å². The van der Waals surface area contributed by atoms with Gasteiger partial charge in [0.2, 0.25) is 0 Å². The standard InChI is InChI=1S/C13H14ClNOS/c1-10(12-7-13(14)17-9-12)15-16-8-11-5-3-2-4-6-11/h2-7,9-10,15H,8H2,1H3. The monoisotopic (exact) mass is 267 g/mol. The van der Waals surface area contributed by atoms with E-state index in [1.807, 2.05) is 48.7 Å². The molecule has 2 nitrogen and oxygen atoms in total. The lowest BCUT2D eigenvalue weighted by molar-refractivity contribution is 0.00707. The number of hydrogen-bond donors (Lipinski definition) is 1. The highest BCUT2D eigenvalue weighted by Gasteiger charge is 2.07. The summed E-state index contributed by atoms with van der Waals surface area (Å²) < 4.78 is 0.803. The van der Waals surface area contributed by atoms with Crippen LogP contribution in [-0.2, 0) is 11.4 Å². The second-order valence-corrected chi connectivity index (χ2v) is 5.34. The molecule has 0 spiro atoms. The first-order chi connectivity index (χ1) is 8.25. The molecule has 1 N–H and O–H groups in total. The van der Waals surface area contributed by atoms with Crippen LogP contribution in [0.25, 0.3) is 0 Å². The molecule has 1 heterocycles. The summed E-state index contributed by atoms with van der Waals surface area (Å²) in [5.41, 5.74) is 5.30. The molecule has 1 atom stereocenters. The Kier molecular flexibility index (Phi) is 4.57. The largest absolute Gasteiger partial charge is 0.296 e. The summed E-state index contributed by atoms with van der Waals surface area (Å²) in [6.45, 7) is 2.60. The Morgan fingerprint density at radius 3 is 2.76 bits per heavy atom. The first-order valence-corrected chi connectivity index (χ1v) is 6.66. The number of benzene rings is 1. The summed E-state index contributed by atoms with van der Waals surface area (Å²) in [5, 5.41) is 2.03. The highest BCUT2D eigenvalue weighted by Crippen LogP contribution is 2.24. The number of nitrogens with one attached hydrogen (secondary N) is 1. The van der Waals surface area contributed by atoms with Crippen molar-refractivity contribution in [2.45, 2.75) is 19.6 Å². The highest BCUT2D eigenvalue weighted by molar-refractivity contribution is 7.14. The SMILES string of the molecule is CC(NOCc1ccccc1)c1csc(Cl)c1. The number of rotatable bonds is 5. The van der Waals surface area contributed by atoms with Crippen molar-refractivity contribution in [1.82, 2.24) is 5.48 Å². The minimum atomic E-state index is 0.141. The Bertz CT molecular complexity index is 457. The molecule has 0 bridgehead atoms. The molecule has 1 unspecified atom stereocenters. The number of thiophene rings is 1. The second-order valence-electron chi connectivity index (χ2n) is 3.80. The lowest BCUT2D eigenvalue weighted by atomic mass is 10.2. The number of hydrogen-bond acceptors (Lipinski definition) is 3. The van der Waals surface area contributed by atoms with E-state index in [0.717, 1.165) is 15.5 Å². The summed E-state index contributed by atoms with van der Waals surface area (Å²) in [6.07, 6.45) is 0. The topological polar surface area (TPSA) is 21.3 Å². The third-order valence-electron chi connectivity index (χ3n) is 2.43. The molecule has 0 aliphatic carbocycles. The molecule has 0 fully saturated rings. The van der Waals surface area contributed by atoms with Crippen LogP contribution in [0.1, 0.15) is 24.1 Å². The van der Waals surface area contributed by atoms with Crippen molar-refractivity contribution in [3.05, 3.63) is 57.2 Å². The van der Waals surface area contributed by atoms with E-state index in [-0.39, 0.29) is 6.04 Å². The fraction of sp³-hybridized carbons (Fsp3) is 0.231. The molecule has 0 radical (unpaired) electrons. The Morgan fingerprint density at radius 2 is 2.12 bits per heavy atom. The van der Waals surface area contributed by atoms with Crippen molar-refractivity contribution >= 4 is 22.9 Å². The van der Waals surface area contributed by atoms with Gasteiger partial charge in [-0.05, 0) is 29.5 Å². The number of hydroxylamine groups is 1. The Balaban J connectivity index is 1.79. The lowest BCUT2D eigenvalue weighted by Gasteiger charge is -2.12. The van der Waals surface area contributed by atoms with E-state index in [9.17, 15) is 0 Å². The van der Waals surface area contributed by atoms with Crippen molar-refractivity contribution < 1.29 is 4.84 Å². The van der Waals surface area contributed by atoms with Crippen molar-refractivity contribution in [1.29, 1.82) is 0 Å². The molecule has 90 valence electrons. The van der Waals surface area contributed by atoms with Gasteiger partial charge in [0.1, 0.15) is 0 Å². The first kappa shape index (κ1) is 12.6. The van der Waals surface area contributed by atoms with Crippen LogP contribution in [-0.4, -0.2) is 0 Å². The minimum Gasteiger partial charge on any atom is -0.296 e. The van der Waals surface area contributed by atoms with Gasteiger partial charge in [0.25, 0.3) is 0 Å². The van der Waals surface area contributed by atoms with Gasteiger partial charge in [0.15, 0.2) is 0 Å². The van der Waals surface area contributed by atoms with Crippen LogP contribution in [0.3, 0.4) is 0 Å². The van der Waals surface area contributed by atoms with E-state index in [1.165, 1.54) is 11.3 Å². The molecule has 0 aliphatic rings. The Morgan fingerprint density at radius 1 is 1.35 bits per heavy atom. The van der Waals surface area contributed by atoms with E-state index in [0.29, 0.717) is 6.61 Å². The average molecular weight is 268 g/mol. The summed E-state index contributed by atoms with van der Waals surface area (Å²) in [6, 6.07) is 12.2. The molecule has 0 aliphatic heterocycles. The van der Waals surface area contributed by atoms with Crippen molar-refractivity contribution in [2.24, 2.45) is 0 Å². The van der Waals surface area contributed by atoms with Crippen LogP contribution in [0.2, 0.25) is 4.34 Å².